The molecule has 0 amide bonds. The third-order valence-corrected chi connectivity index (χ3v) is 2.44. The molecule has 0 saturated carbocycles. The highest BCUT2D eigenvalue weighted by Gasteiger charge is 2.03. The summed E-state index contributed by atoms with van der Waals surface area (Å²) in [6.45, 7) is 5.82. The molecule has 0 aliphatic rings. The van der Waals surface area contributed by atoms with Crippen molar-refractivity contribution in [2.24, 2.45) is 0 Å². The second-order valence-corrected chi connectivity index (χ2v) is 6.25. The second-order valence-electron chi connectivity index (χ2n) is 2.65. The average Bonchev–Trinajstić information content (AvgIpc) is 1.59. The largest absolute Gasteiger partial charge is 0.324 e. The van der Waals surface area contributed by atoms with Crippen LogP contribution in [-0.4, -0.2) is 19.5 Å². The van der Waals surface area contributed by atoms with Crippen LogP contribution in [0.25, 0.3) is 0 Å². The molecule has 8 heavy (non-hydrogen) atoms. The fourth-order valence-corrected chi connectivity index (χ4v) is 1.62. The summed E-state index contributed by atoms with van der Waals surface area (Å²) in [7, 11) is -1.68. The summed E-state index contributed by atoms with van der Waals surface area (Å²) in [5.41, 5.74) is 0. The first-order valence-electron chi connectivity index (χ1n) is 3.10. The van der Waals surface area contributed by atoms with Gasteiger partial charge in [0, 0.05) is 6.16 Å². The van der Waals surface area contributed by atoms with Crippen molar-refractivity contribution < 1.29 is 4.57 Å². The molecule has 0 bridgehead atoms. The van der Waals surface area contributed by atoms with Crippen LogP contribution in [0.3, 0.4) is 0 Å². The molecule has 0 aliphatic heterocycles. The van der Waals surface area contributed by atoms with Gasteiger partial charge in [0.2, 0.25) is 0 Å². The van der Waals surface area contributed by atoms with Crippen molar-refractivity contribution in [3.63, 3.8) is 0 Å². The molecule has 0 saturated heterocycles. The second kappa shape index (κ2) is 3.29. The summed E-state index contributed by atoms with van der Waals surface area (Å²) in [5.74, 6) is 0. The first-order valence-corrected chi connectivity index (χ1v) is 5.89. The Labute approximate surface area is 51.9 Å². The minimum atomic E-state index is -1.68. The van der Waals surface area contributed by atoms with E-state index in [4.69, 9.17) is 0 Å². The number of hydrogen-bond donors (Lipinski definition) is 0. The van der Waals surface area contributed by atoms with Gasteiger partial charge >= 0.3 is 0 Å². The highest BCUT2D eigenvalue weighted by molar-refractivity contribution is 7.62. The van der Waals surface area contributed by atoms with E-state index in [0.29, 0.717) is 0 Å². The molecule has 0 unspecified atom stereocenters. The highest BCUT2D eigenvalue weighted by Crippen LogP contribution is 2.36. The zero-order valence-corrected chi connectivity index (χ0v) is 6.87. The van der Waals surface area contributed by atoms with Gasteiger partial charge in [0.05, 0.1) is 7.14 Å². The molecule has 2 heteroatoms. The van der Waals surface area contributed by atoms with Gasteiger partial charge in [-0.1, -0.05) is 13.3 Å². The van der Waals surface area contributed by atoms with Gasteiger partial charge in [-0.2, -0.15) is 0 Å². The molecular formula is C6H15OP. The van der Waals surface area contributed by atoms with Crippen molar-refractivity contribution in [2.75, 3.05) is 19.5 Å². The van der Waals surface area contributed by atoms with Crippen molar-refractivity contribution in [2.45, 2.75) is 19.8 Å². The minimum Gasteiger partial charge on any atom is -0.324 e. The maximum Gasteiger partial charge on any atom is 0.0819 e. The molecule has 0 aromatic heterocycles. The molecule has 0 rings (SSSR count). The van der Waals surface area contributed by atoms with E-state index in [2.05, 4.69) is 6.92 Å². The van der Waals surface area contributed by atoms with Crippen LogP contribution in [0.4, 0.5) is 0 Å². The monoisotopic (exact) mass is 134 g/mol. The molecule has 0 radical (unpaired) electrons. The van der Waals surface area contributed by atoms with E-state index in [9.17, 15) is 4.57 Å². The molecule has 1 nitrogen and oxygen atoms in total. The molecule has 0 heterocycles. The highest BCUT2D eigenvalue weighted by atomic mass is 31.2. The van der Waals surface area contributed by atoms with Crippen LogP contribution in [0, 0.1) is 0 Å². The van der Waals surface area contributed by atoms with Gasteiger partial charge in [0.15, 0.2) is 0 Å². The smallest absolute Gasteiger partial charge is 0.0819 e. The van der Waals surface area contributed by atoms with Gasteiger partial charge in [-0.15, -0.1) is 0 Å². The average molecular weight is 134 g/mol. The van der Waals surface area contributed by atoms with E-state index in [1.54, 1.807) is 0 Å². The lowest BCUT2D eigenvalue weighted by Crippen LogP contribution is -1.83. The molecule has 50 valence electrons. The van der Waals surface area contributed by atoms with Crippen LogP contribution in [0.5, 0.6) is 0 Å². The Bertz CT molecular complexity index is 92.7. The SMILES string of the molecule is CCCCP(C)(C)=O. The van der Waals surface area contributed by atoms with Crippen LogP contribution >= 0.6 is 7.14 Å². The van der Waals surface area contributed by atoms with Crippen LogP contribution in [-0.2, 0) is 4.57 Å². The Morgan fingerprint density at radius 1 is 1.38 bits per heavy atom. The zero-order chi connectivity index (χ0) is 6.62. The number of hydrogen-bond acceptors (Lipinski definition) is 1. The first kappa shape index (κ1) is 8.23. The molecule has 0 spiro atoms. The Morgan fingerprint density at radius 3 is 2.00 bits per heavy atom. The number of rotatable bonds is 3. The first-order chi connectivity index (χ1) is 3.56. The van der Waals surface area contributed by atoms with Crippen molar-refractivity contribution in [3.8, 4) is 0 Å². The Balaban J connectivity index is 3.26. The van der Waals surface area contributed by atoms with Gasteiger partial charge in [-0.05, 0) is 19.8 Å². The molecule has 0 fully saturated rings. The summed E-state index contributed by atoms with van der Waals surface area (Å²) >= 11 is 0. The lowest BCUT2D eigenvalue weighted by Gasteiger charge is -2.02. The standard InChI is InChI=1S/C6H15OP/c1-4-5-6-8(2,3)7/h4-6H2,1-3H3. The summed E-state index contributed by atoms with van der Waals surface area (Å²) in [4.78, 5) is 0. The van der Waals surface area contributed by atoms with Crippen molar-refractivity contribution in [1.29, 1.82) is 0 Å². The molecule has 0 aromatic carbocycles. The molecule has 0 aromatic rings. The van der Waals surface area contributed by atoms with Crippen LogP contribution < -0.4 is 0 Å². The Hall–Kier alpha value is 0.230. The Morgan fingerprint density at radius 2 is 1.88 bits per heavy atom. The van der Waals surface area contributed by atoms with Gasteiger partial charge in [-0.25, -0.2) is 0 Å². The topological polar surface area (TPSA) is 17.1 Å². The Kier molecular flexibility index (Phi) is 3.39. The van der Waals surface area contributed by atoms with Crippen molar-refractivity contribution >= 4 is 7.14 Å². The van der Waals surface area contributed by atoms with Crippen LogP contribution in [0.1, 0.15) is 19.8 Å². The maximum absolute atomic E-state index is 11.0. The van der Waals surface area contributed by atoms with E-state index in [1.165, 1.54) is 0 Å². The summed E-state index contributed by atoms with van der Waals surface area (Å²) in [5, 5.41) is 0. The predicted octanol–water partition coefficient (Wildman–Crippen LogP) is 2.41. The van der Waals surface area contributed by atoms with Crippen molar-refractivity contribution in [3.05, 3.63) is 0 Å². The summed E-state index contributed by atoms with van der Waals surface area (Å²) in [6.07, 6.45) is 3.19. The normalized spacial score (nSPS) is 11.9. The maximum atomic E-state index is 11.0. The van der Waals surface area contributed by atoms with E-state index >= 15 is 0 Å². The molecular weight excluding hydrogens is 119 g/mol. The van der Waals surface area contributed by atoms with Gasteiger partial charge in [0.1, 0.15) is 0 Å². The minimum absolute atomic E-state index is 0.920. The van der Waals surface area contributed by atoms with E-state index in [1.807, 2.05) is 13.3 Å². The lowest BCUT2D eigenvalue weighted by atomic mass is 10.4. The lowest BCUT2D eigenvalue weighted by molar-refractivity contribution is 0.580. The van der Waals surface area contributed by atoms with Gasteiger partial charge < -0.3 is 4.57 Å². The molecule has 0 atom stereocenters. The predicted molar refractivity (Wildman–Crippen MR) is 39.2 cm³/mol. The van der Waals surface area contributed by atoms with Gasteiger partial charge in [0.25, 0.3) is 0 Å². The quantitative estimate of drug-likeness (QED) is 0.542. The van der Waals surface area contributed by atoms with Crippen LogP contribution in [0.2, 0.25) is 0 Å². The fourth-order valence-electron chi connectivity index (χ4n) is 0.539. The third kappa shape index (κ3) is 6.23. The fraction of sp³-hybridized carbons (Fsp3) is 1.00. The summed E-state index contributed by atoms with van der Waals surface area (Å²) < 4.78 is 11.0. The van der Waals surface area contributed by atoms with Crippen LogP contribution in [0.15, 0.2) is 0 Å². The zero-order valence-electron chi connectivity index (χ0n) is 5.98. The number of unbranched alkanes of at least 4 members (excludes halogenated alkanes) is 1. The van der Waals surface area contributed by atoms with E-state index in [0.717, 1.165) is 19.0 Å². The van der Waals surface area contributed by atoms with E-state index in [-0.39, 0.29) is 0 Å². The van der Waals surface area contributed by atoms with E-state index < -0.39 is 7.14 Å². The third-order valence-electron chi connectivity index (χ3n) is 1.05. The van der Waals surface area contributed by atoms with Gasteiger partial charge in [-0.3, -0.25) is 0 Å². The molecule has 0 aliphatic carbocycles. The summed E-state index contributed by atoms with van der Waals surface area (Å²) in [6, 6.07) is 0. The van der Waals surface area contributed by atoms with Crippen molar-refractivity contribution in [1.82, 2.24) is 0 Å². The molecule has 0 N–H and O–H groups in total.